The van der Waals surface area contributed by atoms with Crippen LogP contribution < -0.4 is 15.4 Å². The highest BCUT2D eigenvalue weighted by atomic mass is 127. The smallest absolute Gasteiger partial charge is 0.387 e. The number of amides is 1. The number of pyridine rings is 1. The zero-order chi connectivity index (χ0) is 22.6. The molecule has 2 aromatic rings. The van der Waals surface area contributed by atoms with Crippen LogP contribution in [-0.2, 0) is 17.8 Å². The number of nitrogens with one attached hydrogen (secondary N) is 2. The number of alkyl halides is 2. The Morgan fingerprint density at radius 1 is 1.25 bits per heavy atom. The number of ether oxygens (including phenoxy) is 1. The molecule has 0 saturated carbocycles. The van der Waals surface area contributed by atoms with Gasteiger partial charge in [-0.05, 0) is 32.0 Å². The number of carbonyl (C=O) groups excluding carboxylic acids is 1. The van der Waals surface area contributed by atoms with E-state index in [-0.39, 0.29) is 48.7 Å². The van der Waals surface area contributed by atoms with Crippen molar-refractivity contribution in [2.75, 3.05) is 26.7 Å². The first-order valence-electron chi connectivity index (χ1n) is 10.1. The predicted octanol–water partition coefficient (Wildman–Crippen LogP) is 3.37. The fourth-order valence-corrected chi connectivity index (χ4v) is 2.80. The molecule has 0 fully saturated rings. The fourth-order valence-electron chi connectivity index (χ4n) is 2.80. The fraction of sp³-hybridized carbons (Fsp3) is 0.409. The van der Waals surface area contributed by atoms with Gasteiger partial charge in [0.15, 0.2) is 5.96 Å². The van der Waals surface area contributed by atoms with Crippen LogP contribution in [0.3, 0.4) is 0 Å². The maximum Gasteiger partial charge on any atom is 0.387 e. The third kappa shape index (κ3) is 9.75. The van der Waals surface area contributed by atoms with Crippen LogP contribution in [0.5, 0.6) is 5.75 Å². The van der Waals surface area contributed by atoms with Gasteiger partial charge >= 0.3 is 6.61 Å². The summed E-state index contributed by atoms with van der Waals surface area (Å²) in [7, 11) is 1.73. The highest BCUT2D eigenvalue weighted by Crippen LogP contribution is 2.22. The number of halogens is 3. The van der Waals surface area contributed by atoms with Crippen LogP contribution >= 0.6 is 24.0 Å². The zero-order valence-electron chi connectivity index (χ0n) is 18.5. The van der Waals surface area contributed by atoms with E-state index >= 15 is 0 Å². The second-order valence-corrected chi connectivity index (χ2v) is 6.92. The van der Waals surface area contributed by atoms with E-state index in [4.69, 9.17) is 0 Å². The van der Waals surface area contributed by atoms with Crippen LogP contribution in [0.1, 0.15) is 23.7 Å². The van der Waals surface area contributed by atoms with Gasteiger partial charge in [0.1, 0.15) is 5.75 Å². The van der Waals surface area contributed by atoms with Crippen LogP contribution in [0.25, 0.3) is 0 Å². The molecule has 0 aliphatic carbocycles. The molecule has 0 radical (unpaired) electrons. The van der Waals surface area contributed by atoms with Crippen LogP contribution in [0.15, 0.2) is 47.6 Å². The molecule has 10 heteroatoms. The van der Waals surface area contributed by atoms with Crippen LogP contribution in [0, 0.1) is 6.92 Å². The molecule has 32 heavy (non-hydrogen) atoms. The molecule has 1 heterocycles. The van der Waals surface area contributed by atoms with E-state index in [0.717, 1.165) is 11.3 Å². The molecule has 0 aliphatic rings. The van der Waals surface area contributed by atoms with E-state index in [1.807, 2.05) is 32.0 Å². The van der Waals surface area contributed by atoms with Gasteiger partial charge in [-0.2, -0.15) is 8.78 Å². The van der Waals surface area contributed by atoms with E-state index in [0.29, 0.717) is 31.0 Å². The van der Waals surface area contributed by atoms with Crippen LogP contribution in [-0.4, -0.2) is 55.0 Å². The Kier molecular flexibility index (Phi) is 12.5. The van der Waals surface area contributed by atoms with Gasteiger partial charge in [-0.1, -0.05) is 23.8 Å². The van der Waals surface area contributed by atoms with Gasteiger partial charge < -0.3 is 20.3 Å². The molecule has 0 spiro atoms. The summed E-state index contributed by atoms with van der Waals surface area (Å²) in [6.07, 6.45) is 2.39. The first-order chi connectivity index (χ1) is 14.9. The van der Waals surface area contributed by atoms with E-state index < -0.39 is 6.61 Å². The molecular formula is C22H30F2IN5O2. The summed E-state index contributed by atoms with van der Waals surface area (Å²) in [5.41, 5.74) is 2.37. The number of aromatic nitrogens is 1. The van der Waals surface area contributed by atoms with Gasteiger partial charge in [-0.3, -0.25) is 9.78 Å². The molecule has 1 aromatic heterocycles. The molecule has 176 valence electrons. The minimum atomic E-state index is -2.91. The van der Waals surface area contributed by atoms with E-state index in [2.05, 4.69) is 25.3 Å². The van der Waals surface area contributed by atoms with Crippen molar-refractivity contribution in [3.05, 3.63) is 59.4 Å². The van der Waals surface area contributed by atoms with Gasteiger partial charge in [0.25, 0.3) is 0 Å². The van der Waals surface area contributed by atoms with Gasteiger partial charge in [0.05, 0.1) is 13.1 Å². The Morgan fingerprint density at radius 2 is 2.03 bits per heavy atom. The number of nitrogens with zero attached hydrogens (tertiary/aromatic N) is 3. The number of benzene rings is 1. The number of rotatable bonds is 10. The number of aliphatic imine (C=N–C) groups is 1. The standard InChI is InChI=1S/C22H29F2N5O2.HI/c1-4-25-22(27-14-17-13-16(2)8-9-19(17)31-21(23)24)28-15-20(30)29(3)12-10-18-7-5-6-11-26-18;/h5-9,11,13,21H,4,10,12,14-15H2,1-3H3,(H2,25,27,28);1H. The summed E-state index contributed by atoms with van der Waals surface area (Å²) in [5, 5.41) is 6.04. The van der Waals surface area contributed by atoms with Crippen molar-refractivity contribution in [2.24, 2.45) is 4.99 Å². The highest BCUT2D eigenvalue weighted by Gasteiger charge is 2.12. The first-order valence-corrected chi connectivity index (χ1v) is 10.1. The van der Waals surface area contributed by atoms with Crippen LogP contribution in [0.2, 0.25) is 0 Å². The molecule has 1 amide bonds. The second kappa shape index (κ2) is 14.5. The van der Waals surface area contributed by atoms with Crippen molar-refractivity contribution in [3.63, 3.8) is 0 Å². The number of aryl methyl sites for hydroxylation is 1. The van der Waals surface area contributed by atoms with E-state index in [1.165, 1.54) is 6.07 Å². The largest absolute Gasteiger partial charge is 0.434 e. The molecule has 7 nitrogen and oxygen atoms in total. The van der Waals surface area contributed by atoms with Crippen molar-refractivity contribution in [3.8, 4) is 5.75 Å². The van der Waals surface area contributed by atoms with Crippen molar-refractivity contribution in [1.29, 1.82) is 0 Å². The third-order valence-electron chi connectivity index (χ3n) is 4.45. The second-order valence-electron chi connectivity index (χ2n) is 6.92. The van der Waals surface area contributed by atoms with Gasteiger partial charge in [-0.25, -0.2) is 4.99 Å². The summed E-state index contributed by atoms with van der Waals surface area (Å²) in [5.74, 6) is 0.405. The monoisotopic (exact) mass is 561 g/mol. The van der Waals surface area contributed by atoms with E-state index in [9.17, 15) is 13.6 Å². The average molecular weight is 561 g/mol. The van der Waals surface area contributed by atoms with Gasteiger partial charge in [0, 0.05) is 44.0 Å². The zero-order valence-corrected chi connectivity index (χ0v) is 20.8. The van der Waals surface area contributed by atoms with Crippen molar-refractivity contribution >= 4 is 35.8 Å². The molecule has 0 saturated heterocycles. The summed E-state index contributed by atoms with van der Waals surface area (Å²) in [6.45, 7) is 2.17. The minimum absolute atomic E-state index is 0. The van der Waals surface area contributed by atoms with Crippen molar-refractivity contribution in [1.82, 2.24) is 20.5 Å². The Labute approximate surface area is 204 Å². The molecule has 2 N–H and O–H groups in total. The Bertz CT molecular complexity index is 869. The summed E-state index contributed by atoms with van der Waals surface area (Å²) < 4.78 is 29.9. The maximum atomic E-state index is 12.6. The number of hydrogen-bond donors (Lipinski definition) is 2. The summed E-state index contributed by atoms with van der Waals surface area (Å²) in [4.78, 5) is 22.7. The summed E-state index contributed by atoms with van der Waals surface area (Å²) in [6, 6.07) is 10.6. The number of guanidine groups is 1. The van der Waals surface area contributed by atoms with Crippen molar-refractivity contribution in [2.45, 2.75) is 33.4 Å². The molecule has 0 unspecified atom stereocenters. The molecule has 0 atom stereocenters. The Balaban J connectivity index is 0.00000512. The lowest BCUT2D eigenvalue weighted by molar-refractivity contribution is -0.128. The normalized spacial score (nSPS) is 11.0. The van der Waals surface area contributed by atoms with Crippen molar-refractivity contribution < 1.29 is 18.3 Å². The average Bonchev–Trinajstić information content (AvgIpc) is 2.75. The lowest BCUT2D eigenvalue weighted by atomic mass is 10.1. The Hall–Kier alpha value is -2.50. The number of carbonyl (C=O) groups is 1. The lowest BCUT2D eigenvalue weighted by Crippen LogP contribution is -2.44. The molecule has 0 aliphatic heterocycles. The lowest BCUT2D eigenvalue weighted by Gasteiger charge is -2.18. The number of likely N-dealkylation sites (N-methyl/N-ethyl adjacent to an activating group) is 1. The quantitative estimate of drug-likeness (QED) is 0.264. The van der Waals surface area contributed by atoms with E-state index in [1.54, 1.807) is 30.3 Å². The summed E-state index contributed by atoms with van der Waals surface area (Å²) >= 11 is 0. The molecule has 2 rings (SSSR count). The molecular weight excluding hydrogens is 531 g/mol. The Morgan fingerprint density at radius 3 is 2.69 bits per heavy atom. The highest BCUT2D eigenvalue weighted by molar-refractivity contribution is 14.0. The van der Waals surface area contributed by atoms with Gasteiger partial charge in [0.2, 0.25) is 5.91 Å². The SMILES string of the molecule is CCNC(=NCc1cc(C)ccc1OC(F)F)NCC(=O)N(C)CCc1ccccn1.I. The maximum absolute atomic E-state index is 12.6. The topological polar surface area (TPSA) is 78.9 Å². The minimum Gasteiger partial charge on any atom is -0.434 e. The third-order valence-corrected chi connectivity index (χ3v) is 4.45. The van der Waals surface area contributed by atoms with Crippen LogP contribution in [0.4, 0.5) is 8.78 Å². The first kappa shape index (κ1) is 27.5. The molecule has 0 bridgehead atoms. The van der Waals surface area contributed by atoms with Gasteiger partial charge in [-0.15, -0.1) is 24.0 Å². The number of hydrogen-bond acceptors (Lipinski definition) is 4. The predicted molar refractivity (Wildman–Crippen MR) is 132 cm³/mol. The molecule has 1 aromatic carbocycles.